The first-order chi connectivity index (χ1) is 14.2. The molecule has 1 aliphatic heterocycles. The Morgan fingerprint density at radius 2 is 1.93 bits per heavy atom. The molecule has 30 heavy (non-hydrogen) atoms. The van der Waals surface area contributed by atoms with Gasteiger partial charge in [-0.2, -0.15) is 16.1 Å². The van der Waals surface area contributed by atoms with Crippen LogP contribution < -0.4 is 0 Å². The normalized spacial score (nSPS) is 15.9. The second-order valence-corrected chi connectivity index (χ2v) is 11.5. The summed E-state index contributed by atoms with van der Waals surface area (Å²) in [7, 11) is -3.48. The van der Waals surface area contributed by atoms with E-state index in [0.717, 1.165) is 27.5 Å². The van der Waals surface area contributed by atoms with Gasteiger partial charge < -0.3 is 0 Å². The molecule has 6 nitrogen and oxygen atoms in total. The first-order valence-electron chi connectivity index (χ1n) is 9.50. The third kappa shape index (κ3) is 6.10. The van der Waals surface area contributed by atoms with Crippen LogP contribution >= 0.6 is 23.5 Å². The van der Waals surface area contributed by atoms with Gasteiger partial charge in [-0.05, 0) is 42.7 Å². The molecule has 1 aliphatic rings. The fourth-order valence-electron chi connectivity index (χ4n) is 3.07. The molecule has 0 bridgehead atoms. The number of hydrogen-bond donors (Lipinski definition) is 0. The van der Waals surface area contributed by atoms with Gasteiger partial charge in [0.05, 0.1) is 10.7 Å². The second-order valence-electron chi connectivity index (χ2n) is 7.10. The maximum absolute atomic E-state index is 13.1. The maximum atomic E-state index is 13.1. The molecule has 160 valence electrons. The molecule has 0 spiro atoms. The Morgan fingerprint density at radius 3 is 2.63 bits per heavy atom. The summed E-state index contributed by atoms with van der Waals surface area (Å²) in [5.41, 5.74) is 2.74. The monoisotopic (exact) mass is 464 g/mol. The van der Waals surface area contributed by atoms with E-state index in [4.69, 9.17) is 0 Å². The van der Waals surface area contributed by atoms with Crippen LogP contribution in [-0.2, 0) is 10.0 Å². The molecule has 2 aromatic rings. The number of rotatable bonds is 7. The number of benzene rings is 2. The average Bonchev–Trinajstić information content (AvgIpc) is 2.71. The van der Waals surface area contributed by atoms with Crippen molar-refractivity contribution < 1.29 is 13.3 Å². The van der Waals surface area contributed by atoms with Crippen LogP contribution in [0.2, 0.25) is 0 Å². The van der Waals surface area contributed by atoms with Crippen LogP contribution in [0.25, 0.3) is 6.08 Å². The zero-order valence-electron chi connectivity index (χ0n) is 16.9. The van der Waals surface area contributed by atoms with Crippen molar-refractivity contribution in [3.05, 3.63) is 74.2 Å². The molecule has 2 aromatic carbocycles. The average molecular weight is 465 g/mol. The van der Waals surface area contributed by atoms with Crippen LogP contribution in [0.1, 0.15) is 16.7 Å². The van der Waals surface area contributed by atoms with Crippen molar-refractivity contribution in [2.75, 3.05) is 30.3 Å². The first kappa shape index (κ1) is 22.9. The SMILES string of the molecule is Cc1ccc(C)c(SC(=Cc2cccc([N+](=O)[O-])c2)CS(=O)(=O)N2CCSCC2)c1. The van der Waals surface area contributed by atoms with E-state index < -0.39 is 14.9 Å². The minimum Gasteiger partial charge on any atom is -0.258 e. The smallest absolute Gasteiger partial charge is 0.258 e. The molecular formula is C21H24N2O4S3. The molecule has 0 saturated carbocycles. The van der Waals surface area contributed by atoms with E-state index in [9.17, 15) is 18.5 Å². The summed E-state index contributed by atoms with van der Waals surface area (Å²) in [4.78, 5) is 12.3. The number of nitro benzene ring substituents is 1. The van der Waals surface area contributed by atoms with E-state index in [1.807, 2.05) is 32.0 Å². The van der Waals surface area contributed by atoms with Crippen molar-refractivity contribution in [3.8, 4) is 0 Å². The van der Waals surface area contributed by atoms with Crippen molar-refractivity contribution in [2.24, 2.45) is 0 Å². The van der Waals surface area contributed by atoms with Gasteiger partial charge >= 0.3 is 0 Å². The van der Waals surface area contributed by atoms with Gasteiger partial charge in [0.15, 0.2) is 0 Å². The second kappa shape index (κ2) is 10.00. The van der Waals surface area contributed by atoms with Gasteiger partial charge in [0.2, 0.25) is 10.0 Å². The molecule has 0 aromatic heterocycles. The molecule has 0 atom stereocenters. The lowest BCUT2D eigenvalue weighted by molar-refractivity contribution is -0.384. The molecule has 1 heterocycles. The highest BCUT2D eigenvalue weighted by atomic mass is 32.2. The van der Waals surface area contributed by atoms with Crippen LogP contribution in [0.4, 0.5) is 5.69 Å². The fourth-order valence-corrected chi connectivity index (χ4v) is 7.20. The number of aryl methyl sites for hydroxylation is 2. The third-order valence-corrected chi connectivity index (χ3v) is 8.82. The van der Waals surface area contributed by atoms with Gasteiger partial charge in [0.1, 0.15) is 0 Å². The van der Waals surface area contributed by atoms with Crippen molar-refractivity contribution in [3.63, 3.8) is 0 Å². The number of nitrogens with zero attached hydrogens (tertiary/aromatic N) is 2. The zero-order valence-corrected chi connectivity index (χ0v) is 19.4. The van der Waals surface area contributed by atoms with E-state index in [0.29, 0.717) is 23.6 Å². The van der Waals surface area contributed by atoms with Gasteiger partial charge in [0.25, 0.3) is 5.69 Å². The Labute approximate surface area is 185 Å². The summed E-state index contributed by atoms with van der Waals surface area (Å²) in [5, 5.41) is 11.1. The number of thioether (sulfide) groups is 2. The topological polar surface area (TPSA) is 80.5 Å². The quantitative estimate of drug-likeness (QED) is 0.335. The van der Waals surface area contributed by atoms with Crippen LogP contribution in [0, 0.1) is 24.0 Å². The van der Waals surface area contributed by atoms with Gasteiger partial charge in [-0.25, -0.2) is 8.42 Å². The van der Waals surface area contributed by atoms with Gasteiger partial charge in [0, 0.05) is 46.5 Å². The van der Waals surface area contributed by atoms with E-state index in [-0.39, 0.29) is 11.4 Å². The fraction of sp³-hybridized carbons (Fsp3) is 0.333. The summed E-state index contributed by atoms with van der Waals surface area (Å²) >= 11 is 3.17. The predicted octanol–water partition coefficient (Wildman–Crippen LogP) is 4.72. The molecule has 0 radical (unpaired) electrons. The number of nitro groups is 1. The molecule has 0 unspecified atom stereocenters. The zero-order chi connectivity index (χ0) is 21.7. The molecule has 3 rings (SSSR count). The molecule has 1 fully saturated rings. The van der Waals surface area contributed by atoms with Crippen molar-refractivity contribution >= 4 is 45.3 Å². The van der Waals surface area contributed by atoms with Gasteiger partial charge in [-0.15, -0.1) is 0 Å². The Balaban J connectivity index is 1.96. The summed E-state index contributed by atoms with van der Waals surface area (Å²) in [6, 6.07) is 12.3. The minimum atomic E-state index is -3.48. The lowest BCUT2D eigenvalue weighted by Crippen LogP contribution is -2.39. The van der Waals surface area contributed by atoms with E-state index >= 15 is 0 Å². The van der Waals surface area contributed by atoms with Crippen LogP contribution in [0.5, 0.6) is 0 Å². The molecule has 9 heteroatoms. The lowest BCUT2D eigenvalue weighted by Gasteiger charge is -2.26. The maximum Gasteiger partial charge on any atom is 0.270 e. The standard InChI is InChI=1S/C21H24N2O4S3/c1-16-6-7-17(2)21(12-16)29-20(14-18-4-3-5-19(13-18)23(24)25)15-30(26,27)22-8-10-28-11-9-22/h3-7,12-14H,8-11,15H2,1-2H3. The largest absolute Gasteiger partial charge is 0.270 e. The van der Waals surface area contributed by atoms with Crippen molar-refractivity contribution in [1.82, 2.24) is 4.31 Å². The Bertz CT molecular complexity index is 1060. The van der Waals surface area contributed by atoms with Gasteiger partial charge in [-0.1, -0.05) is 36.0 Å². The van der Waals surface area contributed by atoms with Crippen LogP contribution in [0.15, 0.2) is 52.3 Å². The number of hydrogen-bond acceptors (Lipinski definition) is 6. The van der Waals surface area contributed by atoms with Gasteiger partial charge in [-0.3, -0.25) is 10.1 Å². The highest BCUT2D eigenvalue weighted by Crippen LogP contribution is 2.33. The van der Waals surface area contributed by atoms with Crippen LogP contribution in [-0.4, -0.2) is 48.0 Å². The Hall–Kier alpha value is -1.81. The highest BCUT2D eigenvalue weighted by molar-refractivity contribution is 8.04. The summed E-state index contributed by atoms with van der Waals surface area (Å²) < 4.78 is 27.7. The lowest BCUT2D eigenvalue weighted by atomic mass is 10.2. The summed E-state index contributed by atoms with van der Waals surface area (Å²) in [6.45, 7) is 5.02. The van der Waals surface area contributed by atoms with Crippen molar-refractivity contribution in [1.29, 1.82) is 0 Å². The molecule has 0 aliphatic carbocycles. The van der Waals surface area contributed by atoms with E-state index in [1.54, 1.807) is 34.3 Å². The molecule has 1 saturated heterocycles. The Morgan fingerprint density at radius 1 is 1.20 bits per heavy atom. The number of non-ortho nitro benzene ring substituents is 1. The Kier molecular flexibility index (Phi) is 7.62. The summed E-state index contributed by atoms with van der Waals surface area (Å²) in [6.07, 6.45) is 1.75. The number of sulfonamides is 1. The molecular weight excluding hydrogens is 440 g/mol. The first-order valence-corrected chi connectivity index (χ1v) is 13.1. The van der Waals surface area contributed by atoms with E-state index in [1.165, 1.54) is 23.9 Å². The summed E-state index contributed by atoms with van der Waals surface area (Å²) in [5.74, 6) is 1.47. The van der Waals surface area contributed by atoms with E-state index in [2.05, 4.69) is 0 Å². The van der Waals surface area contributed by atoms with Crippen LogP contribution in [0.3, 0.4) is 0 Å². The third-order valence-electron chi connectivity index (χ3n) is 4.68. The predicted molar refractivity (Wildman–Crippen MR) is 126 cm³/mol. The minimum absolute atomic E-state index is 0.0178. The van der Waals surface area contributed by atoms with Crippen molar-refractivity contribution in [2.45, 2.75) is 18.7 Å². The molecule has 0 amide bonds. The highest BCUT2D eigenvalue weighted by Gasteiger charge is 2.26. The molecule has 0 N–H and O–H groups in total.